The number of β-lactam (4-membered cyclic amide) rings is 1. The molecule has 518 valence electrons. The lowest BCUT2D eigenvalue weighted by Crippen LogP contribution is -2.71. The lowest BCUT2D eigenvalue weighted by atomic mass is 9.77. The minimum absolute atomic E-state index is 0.00171. The van der Waals surface area contributed by atoms with Crippen LogP contribution in [-0.4, -0.2) is 101 Å². The summed E-state index contributed by atoms with van der Waals surface area (Å²) in [6.07, 6.45) is 1.02. The van der Waals surface area contributed by atoms with Gasteiger partial charge in [-0.15, -0.1) is 40.4 Å². The number of thiazole rings is 1. The molecule has 5 heterocycles. The summed E-state index contributed by atoms with van der Waals surface area (Å²) in [4.78, 5) is 116. The number of Topliss-reactive ketones (excluding diaryl/α,β-unsaturated/α-hetero) is 1. The van der Waals surface area contributed by atoms with Crippen LogP contribution in [0.4, 0.5) is 9.93 Å². The Morgan fingerprint density at radius 1 is 0.670 bits per heavy atom. The number of rotatable bonds is 24. The van der Waals surface area contributed by atoms with Crippen LogP contribution in [0.15, 0.2) is 280 Å². The molecule has 3 amide bonds. The van der Waals surface area contributed by atoms with E-state index < -0.39 is 82.1 Å². The second-order valence-electron chi connectivity index (χ2n) is 24.6. The number of ether oxygens (including phenoxy) is 4. The molecule has 4 aliphatic rings. The lowest BCUT2D eigenvalue weighted by Gasteiger charge is -2.49. The zero-order valence-corrected chi connectivity index (χ0v) is 58.7. The van der Waals surface area contributed by atoms with Gasteiger partial charge in [-0.05, 0) is 89.6 Å². The van der Waals surface area contributed by atoms with Crippen molar-refractivity contribution in [2.45, 2.75) is 69.4 Å². The molecule has 0 saturated carbocycles. The summed E-state index contributed by atoms with van der Waals surface area (Å²) in [6.45, 7) is 7.00. The van der Waals surface area contributed by atoms with Crippen molar-refractivity contribution in [2.24, 2.45) is 10.1 Å². The highest BCUT2D eigenvalue weighted by Gasteiger charge is 2.55. The molecule has 8 aromatic carbocycles. The number of oxime groups is 1. The predicted molar refractivity (Wildman–Crippen MR) is 393 cm³/mol. The second kappa shape index (κ2) is 30.6. The third-order valence-corrected chi connectivity index (χ3v) is 20.2. The summed E-state index contributed by atoms with van der Waals surface area (Å²) < 4.78 is 23.4. The van der Waals surface area contributed by atoms with E-state index in [1.165, 1.54) is 89.9 Å². The number of hydrogen-bond acceptors (Lipinski definition) is 21. The van der Waals surface area contributed by atoms with Crippen LogP contribution in [0.2, 0.25) is 0 Å². The quantitative estimate of drug-likeness (QED) is 0.00967. The van der Waals surface area contributed by atoms with Crippen molar-refractivity contribution in [3.63, 3.8) is 0 Å². The smallest absolute Gasteiger partial charge is 0.431 e. The summed E-state index contributed by atoms with van der Waals surface area (Å²) in [5.74, 6) is -4.08. The van der Waals surface area contributed by atoms with Crippen LogP contribution in [0, 0.1) is 0 Å². The maximum atomic E-state index is 15.4. The highest BCUT2D eigenvalue weighted by molar-refractivity contribution is 8.03. The number of thioether (sulfide) groups is 2. The monoisotopic (exact) mass is 1430 g/mol. The Hall–Kier alpha value is -11.7. The summed E-state index contributed by atoms with van der Waals surface area (Å²) >= 11 is 3.82. The average molecular weight is 1430 g/mol. The molecule has 1 saturated heterocycles. The van der Waals surface area contributed by atoms with Crippen molar-refractivity contribution < 1.29 is 57.3 Å². The highest BCUT2D eigenvalue weighted by Crippen LogP contribution is 2.45. The Labute approximate surface area is 605 Å². The van der Waals surface area contributed by atoms with Crippen molar-refractivity contribution in [2.75, 3.05) is 16.8 Å². The highest BCUT2D eigenvalue weighted by atomic mass is 32.2. The number of benzene rings is 8. The van der Waals surface area contributed by atoms with Gasteiger partial charge in [0.2, 0.25) is 5.78 Å². The van der Waals surface area contributed by atoms with Crippen molar-refractivity contribution in [3.05, 3.63) is 320 Å². The Bertz CT molecular complexity index is 4680. The fourth-order valence-electron chi connectivity index (χ4n) is 12.2. The Balaban J connectivity index is 0.816. The van der Waals surface area contributed by atoms with E-state index in [4.69, 9.17) is 33.8 Å². The van der Waals surface area contributed by atoms with Gasteiger partial charge in [-0.1, -0.05) is 217 Å². The Morgan fingerprint density at radius 2 is 1.17 bits per heavy atom. The fraction of sp³-hybridized carbons (Fsp3) is 0.165. The van der Waals surface area contributed by atoms with Crippen LogP contribution < -0.4 is 25.6 Å². The largest absolute Gasteiger partial charge is 0.448 e. The number of allylic oxidation sites excluding steroid dienone is 1. The lowest BCUT2D eigenvalue weighted by molar-refractivity contribution is -0.154. The summed E-state index contributed by atoms with van der Waals surface area (Å²) in [5.41, 5.74) is 6.43. The first-order chi connectivity index (χ1) is 49.9. The van der Waals surface area contributed by atoms with E-state index in [-0.39, 0.29) is 40.0 Å². The van der Waals surface area contributed by atoms with Gasteiger partial charge < -0.3 is 34.4 Å². The number of aromatic nitrogens is 1. The number of hydrazine groups is 2. The fourth-order valence-corrected chi connectivity index (χ4v) is 15.5. The average Bonchev–Trinajstić information content (AvgIpc) is 1.61. The van der Waals surface area contributed by atoms with Gasteiger partial charge in [0, 0.05) is 42.0 Å². The Kier molecular flexibility index (Phi) is 20.8. The first-order valence-electron chi connectivity index (χ1n) is 32.7. The van der Waals surface area contributed by atoms with Crippen LogP contribution in [0.1, 0.15) is 102 Å². The van der Waals surface area contributed by atoms with Gasteiger partial charge in [-0.25, -0.2) is 24.6 Å². The maximum absolute atomic E-state index is 15.4. The molecule has 4 aliphatic heterocycles. The van der Waals surface area contributed by atoms with Crippen molar-refractivity contribution in [1.29, 1.82) is 0 Å². The molecule has 0 radical (unpaired) electrons. The number of anilines is 1. The van der Waals surface area contributed by atoms with E-state index in [1.54, 1.807) is 10.4 Å². The van der Waals surface area contributed by atoms with Crippen LogP contribution >= 0.6 is 34.9 Å². The van der Waals surface area contributed by atoms with Gasteiger partial charge >= 0.3 is 24.0 Å². The van der Waals surface area contributed by atoms with E-state index in [1.807, 2.05) is 225 Å². The molecule has 0 unspecified atom stereocenters. The van der Waals surface area contributed by atoms with Crippen LogP contribution in [0.3, 0.4) is 0 Å². The number of ketones is 1. The van der Waals surface area contributed by atoms with Gasteiger partial charge in [0.05, 0.1) is 11.2 Å². The number of carbonyl (C=O) groups is 7. The molecule has 3 N–H and O–H groups in total. The molecule has 13 rings (SSSR count). The number of nitrogens with one attached hydrogen (secondary N) is 3. The van der Waals surface area contributed by atoms with E-state index in [0.29, 0.717) is 38.4 Å². The third kappa shape index (κ3) is 15.2. The number of esters is 3. The van der Waals surface area contributed by atoms with Crippen molar-refractivity contribution in [1.82, 2.24) is 30.8 Å². The van der Waals surface area contributed by atoms with Gasteiger partial charge in [0.1, 0.15) is 28.3 Å². The van der Waals surface area contributed by atoms with E-state index in [0.717, 1.165) is 34.7 Å². The van der Waals surface area contributed by atoms with Crippen molar-refractivity contribution in [3.8, 4) is 11.5 Å². The Morgan fingerprint density at radius 3 is 1.70 bits per heavy atom. The molecule has 0 bridgehead atoms. The number of amides is 3. The summed E-state index contributed by atoms with van der Waals surface area (Å²) in [7, 11) is 0. The molecule has 0 aliphatic carbocycles. The molecule has 21 nitrogen and oxygen atoms in total. The summed E-state index contributed by atoms with van der Waals surface area (Å²) in [5, 5.41) is 15.6. The first kappa shape index (κ1) is 69.8. The van der Waals surface area contributed by atoms with Crippen molar-refractivity contribution >= 4 is 93.0 Å². The first-order valence-corrected chi connectivity index (χ1v) is 35.6. The molecule has 1 fully saturated rings. The van der Waals surface area contributed by atoms with Gasteiger partial charge in [-0.3, -0.25) is 28.9 Å². The zero-order valence-electron chi connectivity index (χ0n) is 56.2. The second-order valence-corrected chi connectivity index (χ2v) is 27.5. The zero-order chi connectivity index (χ0) is 71.8. The normalized spacial score (nSPS) is 15.8. The number of aliphatic imine (C=N–C) groups is 1. The molecule has 103 heavy (non-hydrogen) atoms. The minimum atomic E-state index is -1.86. The van der Waals surface area contributed by atoms with Crippen LogP contribution in [0.25, 0.3) is 0 Å². The molecule has 0 spiro atoms. The number of hydrogen-bond donors (Lipinski definition) is 3. The van der Waals surface area contributed by atoms with Gasteiger partial charge in [0.25, 0.3) is 11.8 Å². The van der Waals surface area contributed by atoms with E-state index in [2.05, 4.69) is 21.3 Å². The standard InChI is InChI=1S/C79H67N9O12S3/c1-49-43-65(88-64(80-49)45-86(85-88)77(95)99-70(54-31-17-8-18-32-54)55-33-19-9-20-34-55)101-46-57-47-102-74-67(73(93)87(74)68(57)75(94)98-69(52-27-13-6-14-28-52)53-29-15-7-16-30-53)82-72(92)66(84-100-78(4,5)71(91)56-41-42-62(96-50(2)89)63(44-56)97-51(3)90)61-48-103-76(81-61)83-79(58-35-21-10-22-36-58,59-37-23-11-24-38-59)60-39-25-12-26-40-60/h6-45,48,67,69-70,74,85H,46-47H2,1-5H3,(H,81,83)(H,82,92)/t67-,74-/m1/s1. The molecule has 2 atom stereocenters. The molecular formula is C79H67N9O12S3. The maximum Gasteiger partial charge on any atom is 0.431 e. The SMILES string of the molecule is CC(=O)Oc1ccc(C(=O)C(C)(C)ON=C(C(=O)N[C@@H]2C(=O)N3C(C(=O)OC(c4ccccc4)c4ccccc4)=C(CSC4=CC(C)=NC5=CN(C(=O)OC(c6ccccc6)c6ccccc6)NN54)CS[C@H]23)c2csc(NC(c3ccccc3)(c3ccccc3)c3ccccc3)n2)cc1OC(C)=O. The number of nitrogens with zero attached hydrogens (tertiary/aromatic N) is 6. The predicted octanol–water partition coefficient (Wildman–Crippen LogP) is 13.6. The van der Waals surface area contributed by atoms with Crippen LogP contribution in [0.5, 0.6) is 11.5 Å². The number of carbonyl (C=O) groups excluding carboxylic acids is 7. The number of fused-ring (bicyclic) bond motifs is 2. The third-order valence-electron chi connectivity index (χ3n) is 17.0. The topological polar surface area (TPSA) is 249 Å². The summed E-state index contributed by atoms with van der Waals surface area (Å²) in [6, 6.07) is 69.5. The molecule has 9 aromatic rings. The van der Waals surface area contributed by atoms with E-state index in [9.17, 15) is 19.2 Å². The molecule has 1 aromatic heterocycles. The van der Waals surface area contributed by atoms with Gasteiger partial charge in [0.15, 0.2) is 46.0 Å². The van der Waals surface area contributed by atoms with Gasteiger partial charge in [-0.2, -0.15) is 5.01 Å². The van der Waals surface area contributed by atoms with E-state index >= 15 is 14.4 Å². The molecular weight excluding hydrogens is 1360 g/mol. The molecule has 24 heteroatoms. The van der Waals surface area contributed by atoms with Crippen LogP contribution in [-0.2, 0) is 43.8 Å². The minimum Gasteiger partial charge on any atom is -0.448 e.